The number of benzene rings is 2. The molecule has 6 heteroatoms. The van der Waals surface area contributed by atoms with Gasteiger partial charge in [0.2, 0.25) is 5.91 Å². The van der Waals surface area contributed by atoms with Crippen LogP contribution in [0.4, 0.5) is 10.1 Å². The van der Waals surface area contributed by atoms with Crippen molar-refractivity contribution in [3.05, 3.63) is 71.1 Å². The van der Waals surface area contributed by atoms with Gasteiger partial charge in [0.05, 0.1) is 11.6 Å². The fourth-order valence-corrected chi connectivity index (χ4v) is 5.47. The second kappa shape index (κ2) is 8.21. The zero-order chi connectivity index (χ0) is 21.5. The molecule has 2 aromatic carbocycles. The molecule has 5 rings (SSSR count). The number of likely N-dealkylation sites (tertiary alicyclic amines) is 1. The lowest BCUT2D eigenvalue weighted by molar-refractivity contribution is -0.120. The zero-order valence-electron chi connectivity index (χ0n) is 17.4. The van der Waals surface area contributed by atoms with Crippen molar-refractivity contribution in [2.75, 3.05) is 18.4 Å². The van der Waals surface area contributed by atoms with Crippen LogP contribution in [0.25, 0.3) is 10.9 Å². The minimum absolute atomic E-state index is 0.00875. The van der Waals surface area contributed by atoms with E-state index in [-0.39, 0.29) is 17.8 Å². The molecule has 0 spiro atoms. The molecule has 1 aromatic heterocycles. The number of halogens is 2. The molecule has 0 radical (unpaired) electrons. The molecule has 2 unspecified atom stereocenters. The van der Waals surface area contributed by atoms with Crippen LogP contribution in [0, 0.1) is 17.7 Å². The third-order valence-electron chi connectivity index (χ3n) is 7.00. The summed E-state index contributed by atoms with van der Waals surface area (Å²) in [4.78, 5) is 19.4. The first-order valence-electron chi connectivity index (χ1n) is 10.8. The van der Waals surface area contributed by atoms with E-state index in [1.807, 2.05) is 31.3 Å². The van der Waals surface area contributed by atoms with Crippen LogP contribution >= 0.6 is 11.6 Å². The predicted octanol–water partition coefficient (Wildman–Crippen LogP) is 5.48. The average Bonchev–Trinajstić information content (AvgIpc) is 3.33. The lowest BCUT2D eigenvalue weighted by Gasteiger charge is -2.25. The summed E-state index contributed by atoms with van der Waals surface area (Å²) >= 11 is 5.92. The fourth-order valence-electron chi connectivity index (χ4n) is 5.35. The van der Waals surface area contributed by atoms with E-state index in [1.165, 1.54) is 11.6 Å². The first kappa shape index (κ1) is 20.4. The van der Waals surface area contributed by atoms with Gasteiger partial charge in [0, 0.05) is 35.4 Å². The maximum Gasteiger partial charge on any atom is 0.241 e. The Bertz CT molecular complexity index is 1110. The Kier molecular flexibility index (Phi) is 5.40. The van der Waals surface area contributed by atoms with E-state index in [1.54, 1.807) is 24.3 Å². The molecular formula is C25H25ClFN3O. The normalized spacial score (nSPS) is 24.3. The second-order valence-corrected chi connectivity index (χ2v) is 9.31. The van der Waals surface area contributed by atoms with Crippen molar-refractivity contribution in [2.24, 2.45) is 11.8 Å². The van der Waals surface area contributed by atoms with Gasteiger partial charge in [0.15, 0.2) is 0 Å². The molecular weight excluding hydrogens is 413 g/mol. The number of aromatic nitrogens is 1. The van der Waals surface area contributed by atoms with Crippen molar-refractivity contribution in [3.8, 4) is 0 Å². The van der Waals surface area contributed by atoms with Crippen molar-refractivity contribution in [1.82, 2.24) is 9.88 Å². The van der Waals surface area contributed by atoms with Gasteiger partial charge in [-0.3, -0.25) is 14.7 Å². The molecule has 2 fully saturated rings. The Morgan fingerprint density at radius 1 is 1.13 bits per heavy atom. The van der Waals surface area contributed by atoms with Gasteiger partial charge in [0.1, 0.15) is 5.82 Å². The molecule has 1 N–H and O–H groups in total. The molecule has 1 saturated carbocycles. The van der Waals surface area contributed by atoms with E-state index >= 15 is 0 Å². The van der Waals surface area contributed by atoms with Crippen LogP contribution in [0.1, 0.15) is 31.2 Å². The van der Waals surface area contributed by atoms with Crippen molar-refractivity contribution < 1.29 is 9.18 Å². The van der Waals surface area contributed by atoms with Crippen LogP contribution in [0.3, 0.4) is 0 Å². The third-order valence-corrected chi connectivity index (χ3v) is 7.25. The third kappa shape index (κ3) is 4.04. The summed E-state index contributed by atoms with van der Waals surface area (Å²) < 4.78 is 13.8. The molecule has 1 aliphatic heterocycles. The minimum atomic E-state index is -0.216. The summed E-state index contributed by atoms with van der Waals surface area (Å²) in [7, 11) is 0. The van der Waals surface area contributed by atoms with Crippen LogP contribution in [0.2, 0.25) is 5.02 Å². The van der Waals surface area contributed by atoms with Crippen molar-refractivity contribution in [2.45, 2.75) is 31.7 Å². The highest BCUT2D eigenvalue weighted by molar-refractivity contribution is 6.30. The molecule has 2 aliphatic rings. The standard InChI is InChI=1S/C25H25ClFN3O/c1-15(25(31)29-21-5-2-19(26)3-6-21)30-13-17-10-16(11-18(17)14-30)22-8-9-28-24-7-4-20(27)12-23(22)24/h2-9,12,15-18H,10-11,13-14H2,1H3,(H,29,31)/t15?,16?,17-,18+. The van der Waals surface area contributed by atoms with Crippen molar-refractivity contribution in [3.63, 3.8) is 0 Å². The highest BCUT2D eigenvalue weighted by atomic mass is 35.5. The smallest absolute Gasteiger partial charge is 0.241 e. The lowest BCUT2D eigenvalue weighted by Crippen LogP contribution is -2.41. The molecule has 0 bridgehead atoms. The highest BCUT2D eigenvalue weighted by Crippen LogP contribution is 2.47. The lowest BCUT2D eigenvalue weighted by atomic mass is 9.93. The number of nitrogens with zero attached hydrogens (tertiary/aromatic N) is 2. The van der Waals surface area contributed by atoms with E-state index in [2.05, 4.69) is 15.2 Å². The molecule has 2 heterocycles. The molecule has 31 heavy (non-hydrogen) atoms. The number of carbonyl (C=O) groups excluding carboxylic acids is 1. The van der Waals surface area contributed by atoms with Crippen molar-refractivity contribution >= 4 is 34.1 Å². The van der Waals surface area contributed by atoms with E-state index in [4.69, 9.17) is 11.6 Å². The van der Waals surface area contributed by atoms with Gasteiger partial charge in [-0.15, -0.1) is 0 Å². The summed E-state index contributed by atoms with van der Waals surface area (Å²) in [6.45, 7) is 3.82. The Hall–Kier alpha value is -2.50. The number of carbonyl (C=O) groups is 1. The Morgan fingerprint density at radius 2 is 1.84 bits per heavy atom. The van der Waals surface area contributed by atoms with Crippen molar-refractivity contribution in [1.29, 1.82) is 0 Å². The summed E-state index contributed by atoms with van der Waals surface area (Å²) in [5.74, 6) is 1.34. The Labute approximate surface area is 186 Å². The number of amides is 1. The SMILES string of the molecule is CC(C(=O)Nc1ccc(Cl)cc1)N1C[C@H]2CC(c3ccnc4ccc(F)cc34)C[C@H]2C1. The Balaban J connectivity index is 1.24. The van der Waals surface area contributed by atoms with E-state index in [0.29, 0.717) is 22.8 Å². The van der Waals surface area contributed by atoms with Crippen LogP contribution in [0.15, 0.2) is 54.7 Å². The van der Waals surface area contributed by atoms with Crippen LogP contribution in [0.5, 0.6) is 0 Å². The molecule has 3 aromatic rings. The maximum atomic E-state index is 13.8. The molecule has 1 aliphatic carbocycles. The van der Waals surface area contributed by atoms with Crippen LogP contribution in [-0.4, -0.2) is 34.9 Å². The first-order chi connectivity index (χ1) is 15.0. The number of hydrogen-bond acceptors (Lipinski definition) is 3. The first-order valence-corrected chi connectivity index (χ1v) is 11.2. The Morgan fingerprint density at radius 3 is 2.55 bits per heavy atom. The van der Waals surface area contributed by atoms with E-state index in [9.17, 15) is 9.18 Å². The summed E-state index contributed by atoms with van der Waals surface area (Å²) in [6, 6.07) is 13.9. The van der Waals surface area contributed by atoms with Gasteiger partial charge >= 0.3 is 0 Å². The molecule has 160 valence electrons. The molecule has 1 amide bonds. The predicted molar refractivity (Wildman–Crippen MR) is 122 cm³/mol. The summed E-state index contributed by atoms with van der Waals surface area (Å²) in [6.07, 6.45) is 3.98. The number of anilines is 1. The maximum absolute atomic E-state index is 13.8. The molecule has 4 nitrogen and oxygen atoms in total. The minimum Gasteiger partial charge on any atom is -0.325 e. The fraction of sp³-hybridized carbons (Fsp3) is 0.360. The topological polar surface area (TPSA) is 45.2 Å². The van der Waals surface area contributed by atoms with Crippen LogP contribution in [-0.2, 0) is 4.79 Å². The number of rotatable bonds is 4. The van der Waals surface area contributed by atoms with Gasteiger partial charge in [-0.1, -0.05) is 11.6 Å². The number of pyridine rings is 1. The summed E-state index contributed by atoms with van der Waals surface area (Å²) in [5.41, 5.74) is 2.82. The van der Waals surface area contributed by atoms with E-state index in [0.717, 1.165) is 42.5 Å². The van der Waals surface area contributed by atoms with Gasteiger partial charge in [0.25, 0.3) is 0 Å². The number of fused-ring (bicyclic) bond motifs is 2. The molecule has 4 atom stereocenters. The van der Waals surface area contributed by atoms with E-state index < -0.39 is 0 Å². The number of nitrogens with one attached hydrogen (secondary N) is 1. The van der Waals surface area contributed by atoms with Crippen LogP contribution < -0.4 is 5.32 Å². The van der Waals surface area contributed by atoms with Gasteiger partial charge in [-0.05, 0) is 91.6 Å². The quantitative estimate of drug-likeness (QED) is 0.587. The highest BCUT2D eigenvalue weighted by Gasteiger charge is 2.43. The average molecular weight is 438 g/mol. The molecule has 1 saturated heterocycles. The zero-order valence-corrected chi connectivity index (χ0v) is 18.1. The van der Waals surface area contributed by atoms with Gasteiger partial charge in [-0.2, -0.15) is 0 Å². The van der Waals surface area contributed by atoms with Gasteiger partial charge < -0.3 is 5.32 Å². The monoisotopic (exact) mass is 437 g/mol. The summed E-state index contributed by atoms with van der Waals surface area (Å²) in [5, 5.41) is 4.57. The number of hydrogen-bond donors (Lipinski definition) is 1. The van der Waals surface area contributed by atoms with Gasteiger partial charge in [-0.25, -0.2) is 4.39 Å². The largest absolute Gasteiger partial charge is 0.325 e. The second-order valence-electron chi connectivity index (χ2n) is 8.88.